The van der Waals surface area contributed by atoms with Gasteiger partial charge in [0.05, 0.1) is 6.04 Å². The van der Waals surface area contributed by atoms with Crippen LogP contribution in [-0.2, 0) is 0 Å². The van der Waals surface area contributed by atoms with Crippen LogP contribution in [0.15, 0.2) is 48.5 Å². The van der Waals surface area contributed by atoms with Gasteiger partial charge in [-0.15, -0.1) is 0 Å². The zero-order chi connectivity index (χ0) is 14.8. The Kier molecular flexibility index (Phi) is 4.39. The van der Waals surface area contributed by atoms with E-state index in [0.717, 1.165) is 23.1 Å². The van der Waals surface area contributed by atoms with Crippen molar-refractivity contribution in [2.24, 2.45) is 0 Å². The number of hydrogen-bond acceptors (Lipinski definition) is 2. The van der Waals surface area contributed by atoms with Crippen molar-refractivity contribution >= 4 is 28.9 Å². The van der Waals surface area contributed by atoms with E-state index < -0.39 is 0 Å². The first kappa shape index (κ1) is 14.7. The lowest BCUT2D eigenvalue weighted by molar-refractivity contribution is 0.416. The Morgan fingerprint density at radius 1 is 0.952 bits per heavy atom. The van der Waals surface area contributed by atoms with Gasteiger partial charge in [-0.3, -0.25) is 0 Å². The number of nitrogens with zero attached hydrogens (tertiary/aromatic N) is 1. The van der Waals surface area contributed by atoms with Crippen LogP contribution in [0.1, 0.15) is 18.5 Å². The summed E-state index contributed by atoms with van der Waals surface area (Å²) in [5.41, 5.74) is 2.47. The molecule has 21 heavy (non-hydrogen) atoms. The van der Waals surface area contributed by atoms with E-state index in [1.807, 2.05) is 24.3 Å². The first-order valence-corrected chi connectivity index (χ1v) is 7.90. The molecule has 2 aromatic rings. The van der Waals surface area contributed by atoms with Crippen molar-refractivity contribution in [3.05, 3.63) is 64.1 Å². The molecule has 0 aliphatic carbocycles. The van der Waals surface area contributed by atoms with E-state index >= 15 is 0 Å². The molecule has 110 valence electrons. The van der Waals surface area contributed by atoms with Crippen molar-refractivity contribution < 1.29 is 0 Å². The van der Waals surface area contributed by atoms with Crippen LogP contribution >= 0.6 is 23.2 Å². The molecule has 2 atom stereocenters. The Balaban J connectivity index is 1.92. The average molecular weight is 321 g/mol. The highest BCUT2D eigenvalue weighted by atomic mass is 35.5. The molecule has 2 nitrogen and oxygen atoms in total. The first-order valence-electron chi connectivity index (χ1n) is 7.14. The zero-order valence-corrected chi connectivity index (χ0v) is 13.4. The number of anilines is 1. The third kappa shape index (κ3) is 3.34. The lowest BCUT2D eigenvalue weighted by Gasteiger charge is -2.41. The van der Waals surface area contributed by atoms with Gasteiger partial charge in [0.2, 0.25) is 0 Å². The van der Waals surface area contributed by atoms with Gasteiger partial charge in [-0.25, -0.2) is 0 Å². The van der Waals surface area contributed by atoms with Crippen LogP contribution in [0, 0.1) is 0 Å². The van der Waals surface area contributed by atoms with Gasteiger partial charge in [-0.05, 0) is 48.9 Å². The number of benzene rings is 2. The zero-order valence-electron chi connectivity index (χ0n) is 11.9. The molecule has 1 saturated heterocycles. The van der Waals surface area contributed by atoms with Crippen molar-refractivity contribution in [3.8, 4) is 0 Å². The maximum absolute atomic E-state index is 6.00. The minimum Gasteiger partial charge on any atom is -0.362 e. The number of hydrogen-bond donors (Lipinski definition) is 1. The quantitative estimate of drug-likeness (QED) is 0.874. The van der Waals surface area contributed by atoms with Gasteiger partial charge >= 0.3 is 0 Å². The van der Waals surface area contributed by atoms with E-state index in [-0.39, 0.29) is 0 Å². The summed E-state index contributed by atoms with van der Waals surface area (Å²) in [7, 11) is 0. The highest BCUT2D eigenvalue weighted by Gasteiger charge is 2.27. The molecule has 1 aliphatic rings. The maximum atomic E-state index is 6.00. The lowest BCUT2D eigenvalue weighted by atomic mass is 10.0. The van der Waals surface area contributed by atoms with Gasteiger partial charge in [0.1, 0.15) is 0 Å². The lowest BCUT2D eigenvalue weighted by Crippen LogP contribution is -2.51. The Morgan fingerprint density at radius 2 is 1.52 bits per heavy atom. The molecular formula is C17H18Cl2N2. The Labute approximate surface area is 135 Å². The van der Waals surface area contributed by atoms with Gasteiger partial charge in [0.25, 0.3) is 0 Å². The van der Waals surface area contributed by atoms with Crippen molar-refractivity contribution in [2.75, 3.05) is 18.0 Å². The van der Waals surface area contributed by atoms with Crippen LogP contribution in [-0.4, -0.2) is 19.1 Å². The first-order chi connectivity index (χ1) is 10.1. The number of rotatable bonds is 2. The van der Waals surface area contributed by atoms with E-state index in [0.29, 0.717) is 12.1 Å². The summed E-state index contributed by atoms with van der Waals surface area (Å²) in [6.45, 7) is 4.10. The molecular weight excluding hydrogens is 303 g/mol. The summed E-state index contributed by atoms with van der Waals surface area (Å²) in [6, 6.07) is 17.0. The number of piperazine rings is 1. The Morgan fingerprint density at radius 3 is 2.14 bits per heavy atom. The van der Waals surface area contributed by atoms with Gasteiger partial charge in [-0.2, -0.15) is 0 Å². The van der Waals surface area contributed by atoms with Gasteiger partial charge in [0, 0.05) is 34.9 Å². The molecule has 1 heterocycles. The molecule has 3 rings (SSSR count). The third-order valence-electron chi connectivity index (χ3n) is 3.92. The van der Waals surface area contributed by atoms with E-state index in [2.05, 4.69) is 41.4 Å². The summed E-state index contributed by atoms with van der Waals surface area (Å²) in [5.74, 6) is 0. The predicted molar refractivity (Wildman–Crippen MR) is 90.5 cm³/mol. The maximum Gasteiger partial charge on any atom is 0.0667 e. The molecule has 0 bridgehead atoms. The fraction of sp³-hybridized carbons (Fsp3) is 0.294. The second kappa shape index (κ2) is 6.27. The molecule has 0 amide bonds. The van der Waals surface area contributed by atoms with Crippen molar-refractivity contribution in [3.63, 3.8) is 0 Å². The second-order valence-electron chi connectivity index (χ2n) is 5.51. The Hall–Kier alpha value is -1.22. The monoisotopic (exact) mass is 320 g/mol. The van der Waals surface area contributed by atoms with Gasteiger partial charge in [0.15, 0.2) is 0 Å². The summed E-state index contributed by atoms with van der Waals surface area (Å²) in [6.07, 6.45) is 0. The van der Waals surface area contributed by atoms with Crippen LogP contribution in [0.25, 0.3) is 0 Å². The van der Waals surface area contributed by atoms with Gasteiger partial charge in [-0.1, -0.05) is 35.3 Å². The summed E-state index contributed by atoms with van der Waals surface area (Å²) in [5, 5.41) is 5.10. The SMILES string of the molecule is CC1CN(c2ccc(Cl)cc2)C(c2ccc(Cl)cc2)CN1. The molecule has 1 N–H and O–H groups in total. The van der Waals surface area contributed by atoms with Crippen LogP contribution in [0.2, 0.25) is 10.0 Å². The van der Waals surface area contributed by atoms with Crippen LogP contribution in [0.4, 0.5) is 5.69 Å². The topological polar surface area (TPSA) is 15.3 Å². The fourth-order valence-corrected chi connectivity index (χ4v) is 3.06. The molecule has 4 heteroatoms. The third-order valence-corrected chi connectivity index (χ3v) is 4.42. The highest BCUT2D eigenvalue weighted by molar-refractivity contribution is 6.30. The molecule has 0 spiro atoms. The van der Waals surface area contributed by atoms with Crippen LogP contribution in [0.3, 0.4) is 0 Å². The molecule has 0 radical (unpaired) electrons. The van der Waals surface area contributed by atoms with Crippen LogP contribution in [0.5, 0.6) is 0 Å². The molecule has 2 aromatic carbocycles. The van der Waals surface area contributed by atoms with E-state index in [4.69, 9.17) is 23.2 Å². The van der Waals surface area contributed by atoms with Crippen molar-refractivity contribution in [2.45, 2.75) is 19.0 Å². The smallest absolute Gasteiger partial charge is 0.0667 e. The summed E-state index contributed by atoms with van der Waals surface area (Å²) < 4.78 is 0. The summed E-state index contributed by atoms with van der Waals surface area (Å²) in [4.78, 5) is 2.43. The minimum absolute atomic E-state index is 0.305. The summed E-state index contributed by atoms with van der Waals surface area (Å²) >= 11 is 12.0. The van der Waals surface area contributed by atoms with Crippen molar-refractivity contribution in [1.29, 1.82) is 0 Å². The molecule has 1 fully saturated rings. The molecule has 0 aromatic heterocycles. The normalized spacial score (nSPS) is 22.3. The minimum atomic E-state index is 0.305. The fourth-order valence-electron chi connectivity index (χ4n) is 2.81. The largest absolute Gasteiger partial charge is 0.362 e. The van der Waals surface area contributed by atoms with Crippen LogP contribution < -0.4 is 10.2 Å². The number of halogens is 2. The second-order valence-corrected chi connectivity index (χ2v) is 6.38. The molecule has 1 aliphatic heterocycles. The highest BCUT2D eigenvalue weighted by Crippen LogP contribution is 2.30. The van der Waals surface area contributed by atoms with E-state index in [1.54, 1.807) is 0 Å². The molecule has 2 unspecified atom stereocenters. The van der Waals surface area contributed by atoms with Gasteiger partial charge < -0.3 is 10.2 Å². The average Bonchev–Trinajstić information content (AvgIpc) is 2.49. The Bertz CT molecular complexity index is 595. The standard InChI is InChI=1S/C17H18Cl2N2/c1-12-11-21(16-8-6-15(19)7-9-16)17(10-20-12)13-2-4-14(18)5-3-13/h2-9,12,17,20H,10-11H2,1H3. The predicted octanol–water partition coefficient (Wildman–Crippen LogP) is 4.53. The van der Waals surface area contributed by atoms with Crippen molar-refractivity contribution in [1.82, 2.24) is 5.32 Å². The van der Waals surface area contributed by atoms with E-state index in [1.165, 1.54) is 11.3 Å². The van der Waals surface area contributed by atoms with E-state index in [9.17, 15) is 0 Å². The molecule has 0 saturated carbocycles. The number of nitrogens with one attached hydrogen (secondary N) is 1.